The van der Waals surface area contributed by atoms with Crippen LogP contribution < -0.4 is 5.32 Å². The van der Waals surface area contributed by atoms with Gasteiger partial charge in [-0.25, -0.2) is 0 Å². The fourth-order valence-corrected chi connectivity index (χ4v) is 3.06. The Balaban J connectivity index is 2.27. The molecule has 0 saturated heterocycles. The van der Waals surface area contributed by atoms with Crippen LogP contribution in [0.25, 0.3) is 10.9 Å². The van der Waals surface area contributed by atoms with Gasteiger partial charge in [0, 0.05) is 22.6 Å². The van der Waals surface area contributed by atoms with Crippen molar-refractivity contribution in [2.45, 2.75) is 45.7 Å². The number of fused-ring (bicyclic) bond motifs is 1. The smallest absolute Gasteiger partial charge is 0.242 e. The first kappa shape index (κ1) is 16.2. The predicted octanol–water partition coefficient (Wildman–Crippen LogP) is 4.81. The molecule has 2 unspecified atom stereocenters. The lowest BCUT2D eigenvalue weighted by Gasteiger charge is -2.19. The normalized spacial score (nSPS) is 14.1. The number of nitrogens with one attached hydrogen (secondary N) is 1. The van der Waals surface area contributed by atoms with E-state index in [2.05, 4.69) is 12.2 Å². The first-order valence-corrected chi connectivity index (χ1v) is 7.95. The molecule has 2 rings (SSSR count). The summed E-state index contributed by atoms with van der Waals surface area (Å²) in [5, 5.41) is 5.11. The number of amides is 1. The van der Waals surface area contributed by atoms with Gasteiger partial charge in [0.15, 0.2) is 0 Å². The molecule has 114 valence electrons. The van der Waals surface area contributed by atoms with Crippen LogP contribution in [0, 0.1) is 0 Å². The van der Waals surface area contributed by atoms with Crippen molar-refractivity contribution in [3.05, 3.63) is 34.4 Å². The second kappa shape index (κ2) is 6.71. The number of carbonyl (C=O) groups excluding carboxylic acids is 1. The van der Waals surface area contributed by atoms with E-state index >= 15 is 0 Å². The second-order valence-electron chi connectivity index (χ2n) is 5.42. The Kier molecular flexibility index (Phi) is 5.17. The van der Waals surface area contributed by atoms with Gasteiger partial charge in [0.2, 0.25) is 5.91 Å². The second-order valence-corrected chi connectivity index (χ2v) is 6.26. The molecule has 2 atom stereocenters. The molecule has 21 heavy (non-hydrogen) atoms. The molecule has 0 aliphatic rings. The highest BCUT2D eigenvalue weighted by Gasteiger charge is 2.19. The maximum absolute atomic E-state index is 12.3. The SMILES string of the molecule is CCCC(C)NC(=O)C(C)n1ccc2c(Cl)cc(Cl)cc21. The lowest BCUT2D eigenvalue weighted by atomic mass is 10.2. The Morgan fingerprint density at radius 2 is 2.05 bits per heavy atom. The topological polar surface area (TPSA) is 34.0 Å². The van der Waals surface area contributed by atoms with E-state index in [1.54, 1.807) is 6.07 Å². The van der Waals surface area contributed by atoms with Crippen molar-refractivity contribution in [2.24, 2.45) is 0 Å². The first-order chi connectivity index (χ1) is 9.93. The highest BCUT2D eigenvalue weighted by molar-refractivity contribution is 6.38. The summed E-state index contributed by atoms with van der Waals surface area (Å²) in [5.74, 6) is 0.00421. The largest absolute Gasteiger partial charge is 0.352 e. The summed E-state index contributed by atoms with van der Waals surface area (Å²) in [5.41, 5.74) is 0.873. The summed E-state index contributed by atoms with van der Waals surface area (Å²) in [6.07, 6.45) is 3.90. The van der Waals surface area contributed by atoms with E-state index in [-0.39, 0.29) is 18.0 Å². The monoisotopic (exact) mass is 326 g/mol. The quantitative estimate of drug-likeness (QED) is 0.840. The number of benzene rings is 1. The van der Waals surface area contributed by atoms with E-state index in [0.29, 0.717) is 10.0 Å². The molecule has 0 spiro atoms. The molecule has 1 heterocycles. The Hall–Kier alpha value is -1.19. The minimum absolute atomic E-state index is 0.00421. The van der Waals surface area contributed by atoms with Gasteiger partial charge in [-0.2, -0.15) is 0 Å². The molecule has 0 fully saturated rings. The maximum Gasteiger partial charge on any atom is 0.242 e. The van der Waals surface area contributed by atoms with Gasteiger partial charge in [-0.15, -0.1) is 0 Å². The van der Waals surface area contributed by atoms with Gasteiger partial charge >= 0.3 is 0 Å². The summed E-state index contributed by atoms with van der Waals surface area (Å²) >= 11 is 12.3. The maximum atomic E-state index is 12.3. The van der Waals surface area contributed by atoms with E-state index < -0.39 is 0 Å². The van der Waals surface area contributed by atoms with Crippen LogP contribution in [0.4, 0.5) is 0 Å². The van der Waals surface area contributed by atoms with Crippen molar-refractivity contribution < 1.29 is 4.79 Å². The van der Waals surface area contributed by atoms with Crippen molar-refractivity contribution in [1.29, 1.82) is 0 Å². The summed E-state index contributed by atoms with van der Waals surface area (Å²) in [4.78, 5) is 12.3. The molecular weight excluding hydrogens is 307 g/mol. The highest BCUT2D eigenvalue weighted by Crippen LogP contribution is 2.30. The summed E-state index contributed by atoms with van der Waals surface area (Å²) in [7, 11) is 0. The minimum Gasteiger partial charge on any atom is -0.352 e. The Bertz CT molecular complexity index is 651. The van der Waals surface area contributed by atoms with Gasteiger partial charge in [0.05, 0.1) is 10.5 Å². The van der Waals surface area contributed by atoms with Crippen molar-refractivity contribution in [3.63, 3.8) is 0 Å². The Labute approximate surface area is 135 Å². The molecule has 3 nitrogen and oxygen atoms in total. The molecule has 1 amide bonds. The molecular formula is C16H20Cl2N2O. The average Bonchev–Trinajstić information content (AvgIpc) is 2.81. The van der Waals surface area contributed by atoms with Gasteiger partial charge in [0.1, 0.15) is 6.04 Å². The summed E-state index contributed by atoms with van der Waals surface area (Å²) in [6.45, 7) is 6.01. The summed E-state index contributed by atoms with van der Waals surface area (Å²) < 4.78 is 1.90. The van der Waals surface area contributed by atoms with Crippen molar-refractivity contribution in [1.82, 2.24) is 9.88 Å². The third-order valence-corrected chi connectivity index (χ3v) is 4.19. The van der Waals surface area contributed by atoms with E-state index in [4.69, 9.17) is 23.2 Å². The van der Waals surface area contributed by atoms with Crippen molar-refractivity contribution >= 4 is 40.0 Å². The fraction of sp³-hybridized carbons (Fsp3) is 0.438. The van der Waals surface area contributed by atoms with Crippen LogP contribution in [0.15, 0.2) is 24.4 Å². The van der Waals surface area contributed by atoms with E-state index in [1.807, 2.05) is 36.7 Å². The van der Waals surface area contributed by atoms with Crippen LogP contribution in [-0.4, -0.2) is 16.5 Å². The average molecular weight is 327 g/mol. The van der Waals surface area contributed by atoms with E-state index in [1.165, 1.54) is 0 Å². The van der Waals surface area contributed by atoms with Gasteiger partial charge in [-0.3, -0.25) is 4.79 Å². The van der Waals surface area contributed by atoms with Gasteiger partial charge in [-0.05, 0) is 38.5 Å². The van der Waals surface area contributed by atoms with Crippen LogP contribution in [0.2, 0.25) is 10.0 Å². The van der Waals surface area contributed by atoms with Crippen molar-refractivity contribution in [2.75, 3.05) is 0 Å². The molecule has 2 aromatic rings. The number of nitrogens with zero attached hydrogens (tertiary/aromatic N) is 1. The van der Waals surface area contributed by atoms with Gasteiger partial charge in [-0.1, -0.05) is 36.5 Å². The number of carbonyl (C=O) groups is 1. The summed E-state index contributed by atoms with van der Waals surface area (Å²) in [6, 6.07) is 5.33. The fourth-order valence-electron chi connectivity index (χ4n) is 2.52. The van der Waals surface area contributed by atoms with E-state index in [0.717, 1.165) is 23.7 Å². The number of hydrogen-bond acceptors (Lipinski definition) is 1. The lowest BCUT2D eigenvalue weighted by Crippen LogP contribution is -2.37. The molecule has 1 aromatic heterocycles. The minimum atomic E-state index is -0.309. The molecule has 0 aliphatic heterocycles. The van der Waals surface area contributed by atoms with Gasteiger partial charge in [0.25, 0.3) is 0 Å². The van der Waals surface area contributed by atoms with Crippen LogP contribution >= 0.6 is 23.2 Å². The Morgan fingerprint density at radius 1 is 1.33 bits per heavy atom. The zero-order valence-electron chi connectivity index (χ0n) is 12.5. The molecule has 0 saturated carbocycles. The molecule has 0 radical (unpaired) electrons. The standard InChI is InChI=1S/C16H20Cl2N2O/c1-4-5-10(2)19-16(21)11(3)20-7-6-13-14(18)8-12(17)9-15(13)20/h6-11H,4-5H2,1-3H3,(H,19,21). The Morgan fingerprint density at radius 3 is 2.71 bits per heavy atom. The number of hydrogen-bond donors (Lipinski definition) is 1. The molecule has 5 heteroatoms. The lowest BCUT2D eigenvalue weighted by molar-refractivity contribution is -0.124. The number of halogens is 2. The molecule has 1 aromatic carbocycles. The number of aromatic nitrogens is 1. The van der Waals surface area contributed by atoms with E-state index in [9.17, 15) is 4.79 Å². The van der Waals surface area contributed by atoms with Crippen LogP contribution in [0.5, 0.6) is 0 Å². The zero-order valence-corrected chi connectivity index (χ0v) is 14.0. The highest BCUT2D eigenvalue weighted by atomic mass is 35.5. The predicted molar refractivity (Wildman–Crippen MR) is 89.2 cm³/mol. The van der Waals surface area contributed by atoms with Crippen LogP contribution in [0.1, 0.15) is 39.7 Å². The van der Waals surface area contributed by atoms with Crippen molar-refractivity contribution in [3.8, 4) is 0 Å². The third-order valence-electron chi connectivity index (χ3n) is 3.66. The number of rotatable bonds is 5. The van der Waals surface area contributed by atoms with Crippen LogP contribution in [-0.2, 0) is 4.79 Å². The third kappa shape index (κ3) is 3.53. The first-order valence-electron chi connectivity index (χ1n) is 7.20. The zero-order chi connectivity index (χ0) is 15.6. The molecule has 1 N–H and O–H groups in total. The van der Waals surface area contributed by atoms with Crippen LogP contribution in [0.3, 0.4) is 0 Å². The molecule has 0 aliphatic carbocycles. The van der Waals surface area contributed by atoms with Gasteiger partial charge < -0.3 is 9.88 Å². The molecule has 0 bridgehead atoms.